The summed E-state index contributed by atoms with van der Waals surface area (Å²) in [6, 6.07) is 24.0. The molecule has 105 heavy (non-hydrogen) atoms. The predicted octanol–water partition coefficient (Wildman–Crippen LogP) is 14.5. The van der Waals surface area contributed by atoms with Crippen LogP contribution in [0.4, 0.5) is 0 Å². The van der Waals surface area contributed by atoms with Crippen LogP contribution in [-0.2, 0) is 76.2 Å². The summed E-state index contributed by atoms with van der Waals surface area (Å²) in [7, 11) is -11.5. The van der Waals surface area contributed by atoms with Gasteiger partial charge >= 0.3 is 39.3 Å². The van der Waals surface area contributed by atoms with Crippen molar-refractivity contribution in [2.75, 3.05) is 5.34 Å². The number of carboxylic acids is 1. The number of carbonyl (C=O) groups is 3. The number of nitrogens with one attached hydrogen (secondary N) is 2. The van der Waals surface area contributed by atoms with Crippen molar-refractivity contribution in [3.8, 4) is 0 Å². The number of carbonyl (C=O) groups excluding carboxylic acids is 2. The number of halogens is 3. The average molecular weight is 1620 g/mol. The van der Waals surface area contributed by atoms with Crippen molar-refractivity contribution in [1.82, 2.24) is 13.7 Å². The lowest BCUT2D eigenvalue weighted by atomic mass is 9.43. The number of nitrogens with zero attached hydrogens (tertiary/aromatic N) is 1. The van der Waals surface area contributed by atoms with Gasteiger partial charge in [0.15, 0.2) is 0 Å². The highest BCUT2D eigenvalue weighted by atomic mass is 35.7. The summed E-state index contributed by atoms with van der Waals surface area (Å²) >= 11 is 9.53. The van der Waals surface area contributed by atoms with Gasteiger partial charge < -0.3 is 47.1 Å². The number of ether oxygens (including phenoxy) is 2. The number of aliphatic carboxylic acids is 1. The van der Waals surface area contributed by atoms with Gasteiger partial charge in [-0.2, -0.15) is 0 Å². The third kappa shape index (κ3) is 24.8. The highest BCUT2D eigenvalue weighted by Gasteiger charge is 2.70. The molecule has 0 spiro atoms. The number of benzene rings is 3. The highest BCUT2D eigenvalue weighted by molar-refractivity contribution is 8.13. The molecule has 3 aliphatic heterocycles. The van der Waals surface area contributed by atoms with Gasteiger partial charge in [-0.25, -0.2) is 34.7 Å². The van der Waals surface area contributed by atoms with Crippen molar-refractivity contribution in [3.05, 3.63) is 91.0 Å². The third-order valence-corrected chi connectivity index (χ3v) is 33.7. The first-order valence-corrected chi connectivity index (χ1v) is 50.1. The van der Waals surface area contributed by atoms with E-state index in [1.165, 1.54) is 30.7 Å². The molecule has 3 saturated heterocycles. The second kappa shape index (κ2) is 36.3. The predicted molar refractivity (Wildman–Crippen MR) is 422 cm³/mol. The van der Waals surface area contributed by atoms with E-state index in [1.54, 1.807) is 66.7 Å². The molecule has 6 saturated carbocycles. The molecule has 4 N–H and O–H groups in total. The third-order valence-electron chi connectivity index (χ3n) is 21.8. The van der Waals surface area contributed by atoms with Crippen LogP contribution in [-0.4, -0.2) is 159 Å². The largest absolute Gasteiger partial charge is 0.481 e. The lowest BCUT2D eigenvalue weighted by Gasteiger charge is -2.64. The minimum atomic E-state index is -3.77. The van der Waals surface area contributed by atoms with Gasteiger partial charge in [-0.1, -0.05) is 135 Å². The molecule has 0 aromatic heterocycles. The number of hydrogen-bond donors (Lipinski definition) is 4. The highest BCUT2D eigenvalue weighted by Crippen LogP contribution is 2.67. The van der Waals surface area contributed by atoms with Crippen molar-refractivity contribution < 1.29 is 82.5 Å². The topological polar surface area (TPSA) is 286 Å². The first-order chi connectivity index (χ1) is 48.2. The molecule has 4 bridgehead atoms. The fourth-order valence-corrected chi connectivity index (χ4v) is 30.8. The Kier molecular flexibility index (Phi) is 31.4. The fraction of sp³-hybridized carbons (Fsp3) is 0.712. The monoisotopic (exact) mass is 1620 g/mol. The van der Waals surface area contributed by atoms with Crippen LogP contribution < -0.4 is 9.44 Å². The van der Waals surface area contributed by atoms with Crippen LogP contribution in [0.5, 0.6) is 0 Å². The smallest absolute Gasteiger partial charge is 0.477 e. The van der Waals surface area contributed by atoms with E-state index in [1.807, 2.05) is 48.5 Å². The van der Waals surface area contributed by atoms with E-state index in [9.17, 15) is 44.7 Å². The first-order valence-electron chi connectivity index (χ1n) is 36.9. The average Bonchev–Trinajstić information content (AvgIpc) is 1.64. The molecule has 0 radical (unpaired) electrons. The van der Waals surface area contributed by atoms with Gasteiger partial charge in [0.2, 0.25) is 20.0 Å². The number of rotatable bonds is 24. The van der Waals surface area contributed by atoms with E-state index in [-0.39, 0.29) is 92.9 Å². The van der Waals surface area contributed by atoms with Gasteiger partial charge in [0.25, 0.3) is 9.05 Å². The summed E-state index contributed by atoms with van der Waals surface area (Å²) in [6.07, 6.45) is 8.31. The second-order valence-electron chi connectivity index (χ2n) is 35.2. The Morgan fingerprint density at radius 1 is 0.600 bits per heavy atom. The molecule has 14 atom stereocenters. The number of carboxylic acid groups (broad SMARTS) is 1. The molecule has 590 valence electrons. The molecule has 0 amide bonds. The van der Waals surface area contributed by atoms with Gasteiger partial charge in [0.1, 0.15) is 27.7 Å². The van der Waals surface area contributed by atoms with Crippen LogP contribution in [0, 0.1) is 46.3 Å². The van der Waals surface area contributed by atoms with Gasteiger partial charge in [0.05, 0.1) is 67.8 Å². The minimum absolute atomic E-state index is 0.0228. The summed E-state index contributed by atoms with van der Waals surface area (Å²) in [5.41, 5.74) is -1.04. The van der Waals surface area contributed by atoms with E-state index in [0.717, 1.165) is 38.0 Å². The summed E-state index contributed by atoms with van der Waals surface area (Å²) in [6.45, 7) is 44.2. The first kappa shape index (κ1) is 90.9. The van der Waals surface area contributed by atoms with Gasteiger partial charge in [-0.3, -0.25) is 14.4 Å². The van der Waals surface area contributed by atoms with Gasteiger partial charge in [-0.15, -0.1) is 23.2 Å². The Labute approximate surface area is 645 Å². The van der Waals surface area contributed by atoms with E-state index in [4.69, 9.17) is 71.7 Å². The molecule has 9 aliphatic rings. The number of alkyl halides is 2. The van der Waals surface area contributed by atoms with Crippen LogP contribution in [0.15, 0.2) is 106 Å². The lowest BCUT2D eigenvalue weighted by molar-refractivity contribution is -0.199. The van der Waals surface area contributed by atoms with Crippen molar-refractivity contribution >= 4 is 119 Å². The number of sulfonamides is 2. The Morgan fingerprint density at radius 3 is 1.36 bits per heavy atom. The normalized spacial score (nSPS) is 27.1. The van der Waals surface area contributed by atoms with E-state index in [2.05, 4.69) is 101 Å². The van der Waals surface area contributed by atoms with Gasteiger partial charge in [-0.05, 0) is 202 Å². The van der Waals surface area contributed by atoms with Crippen molar-refractivity contribution in [1.29, 1.82) is 0 Å². The molecule has 3 heterocycles. The zero-order valence-electron chi connectivity index (χ0n) is 65.5. The summed E-state index contributed by atoms with van der Waals surface area (Å²) in [5.74, 6) is 0.124. The Bertz CT molecular complexity index is 3680. The van der Waals surface area contributed by atoms with Gasteiger partial charge in [0, 0.05) is 29.5 Å². The SMILES string of the molecule is C[C@@H](CC[C@@H](B1O[C@@H]2C[C@@H]3C[C@@H](C3(C)C)[C@]2(C)O1)N([Si](C)(C)C)[Si](C)(C)C)CC(=O)OC(C)(C)C.C[C@@H](CC[C@H](NS(=O)(=O)c1ccccc1)B1O[C@@H]2C[C@@H]3C[C@@H](C3(C)C)[C@]2(C)O1)CC(=O)OC(C)(C)C.ClCCl.O=C(O)C[C@@H]1CC[C@H](NS(=O)(=O)c2ccccc2)B(O)O1.O=S(=O)(Cl)c1ccccc1. The van der Waals surface area contributed by atoms with Crippen LogP contribution in [0.3, 0.4) is 0 Å². The molecule has 32 heteroatoms. The van der Waals surface area contributed by atoms with Crippen LogP contribution >= 0.6 is 33.9 Å². The molecule has 21 nitrogen and oxygen atoms in total. The van der Waals surface area contributed by atoms with E-state index in [0.29, 0.717) is 55.3 Å². The lowest BCUT2D eigenvalue weighted by Crippen LogP contribution is -2.67. The zero-order valence-corrected chi connectivity index (χ0v) is 72.2. The maximum atomic E-state index is 13.3. The van der Waals surface area contributed by atoms with Crippen molar-refractivity contribution in [3.63, 3.8) is 0 Å². The quantitative estimate of drug-likeness (QED) is 0.0280. The molecule has 12 rings (SSSR count). The molecule has 3 aromatic carbocycles. The van der Waals surface area contributed by atoms with E-state index >= 15 is 0 Å². The Hall–Kier alpha value is -2.94. The van der Waals surface area contributed by atoms with Crippen LogP contribution in [0.2, 0.25) is 39.3 Å². The van der Waals surface area contributed by atoms with Crippen LogP contribution in [0.25, 0.3) is 0 Å². The molecule has 3 aromatic rings. The maximum absolute atomic E-state index is 13.3. The summed E-state index contributed by atoms with van der Waals surface area (Å²) in [4.78, 5) is 35.8. The second-order valence-corrected chi connectivity index (χ2v) is 52.1. The molecule has 6 aliphatic carbocycles. The Morgan fingerprint density at radius 2 is 0.990 bits per heavy atom. The fourth-order valence-electron chi connectivity index (χ4n) is 16.9. The summed E-state index contributed by atoms with van der Waals surface area (Å²) in [5, 5.41) is 18.7. The molecule has 0 unspecified atom stereocenters. The zero-order chi connectivity index (χ0) is 79.1. The minimum Gasteiger partial charge on any atom is -0.481 e. The number of esters is 2. The van der Waals surface area contributed by atoms with Crippen molar-refractivity contribution in [2.24, 2.45) is 46.3 Å². The standard InChI is InChI=1S/C27H42BNO6S.C27H54BNO4Si2.C12H16BNO6S.C6H5ClO2S.CH2Cl2/c1-18(15-24(30)33-25(2,3)4)13-14-23(29-36(31,32)20-11-9-8-10-12-20)28-34-22-17-19-16-21(26(19,5)6)27(22,7)35-28;1-19(16-24(30)31-25(2,3)4)14-15-23(29(34(8,9)10)35(11,12)13)28-32-22-18-20-17-21(26(20,5)6)27(22,7)33-28;15-12(16)8-9-6-7-11(13(17)20-9)14-21(18,19)10-4-2-1-3-5-10;7-10(8,9)6-4-2-1-3-5-6;2-1-3/h8-12,18-19,21-23,29H,13-17H2,1-7H3;19-23H,14-18H2,1-13H3;1-5,9,11,14,17H,6-8H2,(H,15,16);1-5H;1H2/t18-,19-,21-,22+,23-,27-;19-,20-,21-,22+,23-,27-;9-,11-;;/m000../s1. The molecule has 9 fully saturated rings. The van der Waals surface area contributed by atoms with E-state index < -0.39 is 101 Å². The summed E-state index contributed by atoms with van der Waals surface area (Å²) < 4.78 is 123. The molecular weight excluding hydrogens is 1500 g/mol. The van der Waals surface area contributed by atoms with Crippen molar-refractivity contribution in [2.45, 2.75) is 293 Å². The Balaban J connectivity index is 0.000000233. The maximum Gasteiger partial charge on any atom is 0.477 e. The molecular formula is C73H119B3Cl3N3O18S3Si2. The van der Waals surface area contributed by atoms with Crippen LogP contribution in [0.1, 0.15) is 180 Å². The number of hydrogen-bond acceptors (Lipinski definition) is 18.